The van der Waals surface area contributed by atoms with Crippen molar-refractivity contribution in [1.82, 2.24) is 9.97 Å². The molecule has 1 amide bonds. The maximum atomic E-state index is 13.4. The van der Waals surface area contributed by atoms with E-state index in [0.29, 0.717) is 5.56 Å². The van der Waals surface area contributed by atoms with Gasteiger partial charge in [-0.15, -0.1) is 0 Å². The zero-order chi connectivity index (χ0) is 22.9. The number of aromatic nitrogens is 2. The number of benzene rings is 2. The van der Waals surface area contributed by atoms with Crippen molar-refractivity contribution in [3.8, 4) is 17.1 Å². The lowest BCUT2D eigenvalue weighted by Gasteiger charge is -2.28. The quantitative estimate of drug-likeness (QED) is 0.571. The van der Waals surface area contributed by atoms with Gasteiger partial charge in [0.05, 0.1) is 28.7 Å². The van der Waals surface area contributed by atoms with Gasteiger partial charge in [-0.2, -0.15) is 0 Å². The Kier molecular flexibility index (Phi) is 5.45. The molecule has 1 aromatic heterocycles. The smallest absolute Gasteiger partial charge is 0.323 e. The largest absolute Gasteiger partial charge is 0.482 e. The summed E-state index contributed by atoms with van der Waals surface area (Å²) in [4.78, 5) is 32.0. The minimum atomic E-state index is -4.13. The Labute approximate surface area is 181 Å². The summed E-state index contributed by atoms with van der Waals surface area (Å²) in [5, 5.41) is 9.05. The molecule has 12 heteroatoms. The summed E-state index contributed by atoms with van der Waals surface area (Å²) in [6.45, 7) is -0.985. The number of sulfonamides is 1. The highest BCUT2D eigenvalue weighted by atomic mass is 32.2. The molecule has 10 nitrogen and oxygen atoms in total. The molecule has 164 valence electrons. The average Bonchev–Trinajstić information content (AvgIpc) is 2.75. The average molecular weight is 458 g/mol. The molecule has 32 heavy (non-hydrogen) atoms. The zero-order valence-corrected chi connectivity index (χ0v) is 17.0. The molecule has 2 heterocycles. The molecule has 0 radical (unpaired) electrons. The van der Waals surface area contributed by atoms with Crippen LogP contribution in [0.5, 0.6) is 5.75 Å². The van der Waals surface area contributed by atoms with Crippen molar-refractivity contribution < 1.29 is 32.2 Å². The maximum Gasteiger partial charge on any atom is 0.323 e. The molecule has 0 aliphatic carbocycles. The van der Waals surface area contributed by atoms with Gasteiger partial charge in [-0.25, -0.2) is 22.8 Å². The van der Waals surface area contributed by atoms with Crippen molar-refractivity contribution in [2.24, 2.45) is 0 Å². The lowest BCUT2D eigenvalue weighted by Crippen LogP contribution is -2.42. The van der Waals surface area contributed by atoms with Crippen molar-refractivity contribution in [3.05, 3.63) is 60.7 Å². The Morgan fingerprint density at radius 2 is 1.94 bits per heavy atom. The number of carboxylic acids is 1. The maximum absolute atomic E-state index is 13.4. The highest BCUT2D eigenvalue weighted by Gasteiger charge is 2.29. The van der Waals surface area contributed by atoms with Gasteiger partial charge in [-0.1, -0.05) is 12.1 Å². The lowest BCUT2D eigenvalue weighted by atomic mass is 10.2. The molecular weight excluding hydrogens is 443 g/mol. The van der Waals surface area contributed by atoms with Crippen LogP contribution < -0.4 is 14.4 Å². The van der Waals surface area contributed by atoms with E-state index >= 15 is 0 Å². The van der Waals surface area contributed by atoms with Crippen LogP contribution in [0.25, 0.3) is 11.4 Å². The van der Waals surface area contributed by atoms with Gasteiger partial charge in [0.2, 0.25) is 0 Å². The molecule has 0 saturated carbocycles. The second-order valence-corrected chi connectivity index (χ2v) is 8.39. The molecule has 0 atom stereocenters. The fraction of sp³-hybridized carbons (Fsp3) is 0.100. The molecular formula is C20H15FN4O6S. The normalized spacial score (nSPS) is 13.3. The molecule has 3 aromatic rings. The van der Waals surface area contributed by atoms with Crippen LogP contribution in [0, 0.1) is 5.82 Å². The monoisotopic (exact) mass is 458 g/mol. The van der Waals surface area contributed by atoms with Gasteiger partial charge in [0, 0.05) is 5.56 Å². The van der Waals surface area contributed by atoms with Crippen LogP contribution >= 0.6 is 0 Å². The molecule has 2 N–H and O–H groups in total. The molecule has 0 saturated heterocycles. The standard InChI is InChI=1S/C20H15FN4O6S/c21-13-3-1-2-12(6-13)20-22-8-14(9-23-20)24-32(29,30)15-4-5-17-16(7-15)25(10-19(27)28)18(26)11-31-17/h1-9,24H,10-11H2,(H,27,28). The van der Waals surface area contributed by atoms with E-state index in [1.54, 1.807) is 6.07 Å². The molecule has 0 spiro atoms. The summed E-state index contributed by atoms with van der Waals surface area (Å²) >= 11 is 0. The number of hydrogen-bond acceptors (Lipinski definition) is 7. The third kappa shape index (κ3) is 4.34. The van der Waals surface area contributed by atoms with E-state index in [9.17, 15) is 22.4 Å². The molecule has 2 aromatic carbocycles. The SMILES string of the molecule is O=C(O)CN1C(=O)COc2ccc(S(=O)(=O)Nc3cnc(-c4cccc(F)c4)nc3)cc21. The lowest BCUT2D eigenvalue weighted by molar-refractivity contribution is -0.137. The van der Waals surface area contributed by atoms with Crippen molar-refractivity contribution >= 4 is 33.3 Å². The van der Waals surface area contributed by atoms with Crippen molar-refractivity contribution in [3.63, 3.8) is 0 Å². The number of halogens is 1. The van der Waals surface area contributed by atoms with Crippen LogP contribution in [0.2, 0.25) is 0 Å². The number of carboxylic acid groups (broad SMARTS) is 1. The first-order valence-corrected chi connectivity index (χ1v) is 10.6. The van der Waals surface area contributed by atoms with Crippen LogP contribution in [-0.4, -0.2) is 48.5 Å². The van der Waals surface area contributed by atoms with E-state index in [4.69, 9.17) is 9.84 Å². The van der Waals surface area contributed by atoms with Gasteiger partial charge in [0.1, 0.15) is 18.1 Å². The number of aliphatic carboxylic acids is 1. The van der Waals surface area contributed by atoms with Crippen LogP contribution in [0.4, 0.5) is 15.8 Å². The summed E-state index contributed by atoms with van der Waals surface area (Å²) in [5.41, 5.74) is 0.513. The second-order valence-electron chi connectivity index (χ2n) is 6.70. The van der Waals surface area contributed by atoms with Crippen LogP contribution in [0.15, 0.2) is 59.8 Å². The number of fused-ring (bicyclic) bond motifs is 1. The minimum absolute atomic E-state index is 0.0317. The Hall–Kier alpha value is -4.06. The van der Waals surface area contributed by atoms with Crippen molar-refractivity contribution in [2.75, 3.05) is 22.8 Å². The predicted octanol–water partition coefficient (Wildman–Crippen LogP) is 1.89. The number of nitrogens with one attached hydrogen (secondary N) is 1. The summed E-state index contributed by atoms with van der Waals surface area (Å²) in [5.74, 6) is -1.92. The van der Waals surface area contributed by atoms with E-state index in [0.717, 1.165) is 11.0 Å². The second kappa shape index (κ2) is 8.23. The number of hydrogen-bond donors (Lipinski definition) is 2. The third-order valence-corrected chi connectivity index (χ3v) is 5.84. The van der Waals surface area contributed by atoms with Gasteiger partial charge in [0.15, 0.2) is 12.4 Å². The van der Waals surface area contributed by atoms with E-state index in [1.165, 1.54) is 42.7 Å². The highest BCUT2D eigenvalue weighted by Crippen LogP contribution is 2.34. The summed E-state index contributed by atoms with van der Waals surface area (Å²) in [7, 11) is -4.13. The predicted molar refractivity (Wildman–Crippen MR) is 110 cm³/mol. The summed E-state index contributed by atoms with van der Waals surface area (Å²) in [6.07, 6.45) is 2.46. The molecule has 0 unspecified atom stereocenters. The first kappa shape index (κ1) is 21.2. The van der Waals surface area contributed by atoms with Crippen LogP contribution in [0.1, 0.15) is 0 Å². The summed E-state index contributed by atoms with van der Waals surface area (Å²) in [6, 6.07) is 9.40. The first-order valence-electron chi connectivity index (χ1n) is 9.13. The van der Waals surface area contributed by atoms with E-state index in [1.807, 2.05) is 0 Å². The number of carbonyl (C=O) groups is 2. The molecule has 0 bridgehead atoms. The van der Waals surface area contributed by atoms with Crippen LogP contribution in [-0.2, 0) is 19.6 Å². The fourth-order valence-electron chi connectivity index (χ4n) is 3.03. The van der Waals surface area contributed by atoms with Gasteiger partial charge in [0.25, 0.3) is 15.9 Å². The van der Waals surface area contributed by atoms with Crippen molar-refractivity contribution in [2.45, 2.75) is 4.90 Å². The fourth-order valence-corrected chi connectivity index (χ4v) is 4.08. The van der Waals surface area contributed by atoms with E-state index in [-0.39, 0.29) is 34.5 Å². The molecule has 4 rings (SSSR count). The summed E-state index contributed by atoms with van der Waals surface area (Å²) < 4.78 is 46.6. The number of anilines is 2. The van der Waals surface area contributed by atoms with Gasteiger partial charge >= 0.3 is 5.97 Å². The van der Waals surface area contributed by atoms with Gasteiger partial charge in [-0.3, -0.25) is 19.2 Å². The minimum Gasteiger partial charge on any atom is -0.482 e. The topological polar surface area (TPSA) is 139 Å². The number of amides is 1. The number of ether oxygens (including phenoxy) is 1. The Balaban J connectivity index is 1.60. The third-order valence-electron chi connectivity index (χ3n) is 4.46. The number of nitrogens with zero attached hydrogens (tertiary/aromatic N) is 3. The first-order chi connectivity index (χ1) is 15.2. The number of carbonyl (C=O) groups excluding carboxylic acids is 1. The molecule has 0 fully saturated rings. The van der Waals surface area contributed by atoms with Gasteiger partial charge < -0.3 is 9.84 Å². The molecule has 1 aliphatic rings. The van der Waals surface area contributed by atoms with E-state index < -0.39 is 34.3 Å². The Morgan fingerprint density at radius 1 is 1.19 bits per heavy atom. The van der Waals surface area contributed by atoms with Gasteiger partial charge in [-0.05, 0) is 30.3 Å². The van der Waals surface area contributed by atoms with Crippen LogP contribution in [0.3, 0.4) is 0 Å². The van der Waals surface area contributed by atoms with Crippen molar-refractivity contribution in [1.29, 1.82) is 0 Å². The zero-order valence-electron chi connectivity index (χ0n) is 16.2. The molecule has 1 aliphatic heterocycles. The Morgan fingerprint density at radius 3 is 2.62 bits per heavy atom. The highest BCUT2D eigenvalue weighted by molar-refractivity contribution is 7.92. The van der Waals surface area contributed by atoms with E-state index in [2.05, 4.69) is 14.7 Å². The Bertz CT molecular complexity index is 1310. The number of rotatable bonds is 6.